The number of Topliss-reactive ketones (excluding diaryl/α,β-unsaturated/α-hetero) is 1. The lowest BCUT2D eigenvalue weighted by atomic mass is 10.1. The molecule has 5 nitrogen and oxygen atoms in total. The van der Waals surface area contributed by atoms with E-state index in [1.807, 2.05) is 19.1 Å². The first-order valence-electron chi connectivity index (χ1n) is 6.58. The molecule has 0 saturated carbocycles. The van der Waals surface area contributed by atoms with Gasteiger partial charge in [-0.1, -0.05) is 0 Å². The molecule has 0 unspecified atom stereocenters. The van der Waals surface area contributed by atoms with Gasteiger partial charge in [-0.2, -0.15) is 10.2 Å². The van der Waals surface area contributed by atoms with Gasteiger partial charge in [0.15, 0.2) is 5.78 Å². The van der Waals surface area contributed by atoms with Gasteiger partial charge in [0.25, 0.3) is 0 Å². The molecular weight excluding hydrogens is 268 g/mol. The standard InChI is InChI=1S/C16H16N2O3/c1-3-21-14-7-4-12(5-8-14)17-18-13-6-9-16(20)15(10-13)11(2)19/h4-10,20H,3H2,1-2H3. The molecule has 0 aliphatic carbocycles. The lowest BCUT2D eigenvalue weighted by molar-refractivity contribution is 0.101. The summed E-state index contributed by atoms with van der Waals surface area (Å²) in [6.07, 6.45) is 0. The Bertz CT molecular complexity index is 664. The summed E-state index contributed by atoms with van der Waals surface area (Å²) < 4.78 is 5.34. The average molecular weight is 284 g/mol. The number of rotatable bonds is 5. The second kappa shape index (κ2) is 6.65. The third-order valence-electron chi connectivity index (χ3n) is 2.79. The maximum atomic E-state index is 11.3. The summed E-state index contributed by atoms with van der Waals surface area (Å²) in [6.45, 7) is 3.93. The number of benzene rings is 2. The molecule has 2 aromatic rings. The highest BCUT2D eigenvalue weighted by Gasteiger charge is 2.06. The van der Waals surface area contributed by atoms with E-state index in [1.165, 1.54) is 19.1 Å². The molecule has 0 spiro atoms. The molecule has 0 saturated heterocycles. The third kappa shape index (κ3) is 3.89. The van der Waals surface area contributed by atoms with Crippen molar-refractivity contribution in [3.05, 3.63) is 48.0 Å². The van der Waals surface area contributed by atoms with Crippen molar-refractivity contribution in [3.63, 3.8) is 0 Å². The van der Waals surface area contributed by atoms with Crippen molar-refractivity contribution in [3.8, 4) is 11.5 Å². The molecule has 0 heterocycles. The molecule has 0 aromatic heterocycles. The molecule has 21 heavy (non-hydrogen) atoms. The van der Waals surface area contributed by atoms with Crippen LogP contribution in [-0.2, 0) is 0 Å². The van der Waals surface area contributed by atoms with E-state index in [0.29, 0.717) is 18.0 Å². The highest BCUT2D eigenvalue weighted by atomic mass is 16.5. The normalized spacial score (nSPS) is 10.8. The summed E-state index contributed by atoms with van der Waals surface area (Å²) in [4.78, 5) is 11.3. The van der Waals surface area contributed by atoms with E-state index in [1.54, 1.807) is 18.2 Å². The average Bonchev–Trinajstić information content (AvgIpc) is 2.48. The molecule has 108 valence electrons. The summed E-state index contributed by atoms with van der Waals surface area (Å²) in [5.41, 5.74) is 1.42. The van der Waals surface area contributed by atoms with Gasteiger partial charge in [-0.15, -0.1) is 0 Å². The number of carbonyl (C=O) groups excluding carboxylic acids is 1. The molecule has 2 aromatic carbocycles. The summed E-state index contributed by atoms with van der Waals surface area (Å²) in [7, 11) is 0. The van der Waals surface area contributed by atoms with Crippen LogP contribution in [0.1, 0.15) is 24.2 Å². The Morgan fingerprint density at radius 1 is 1.10 bits per heavy atom. The molecular formula is C16H16N2O3. The quantitative estimate of drug-likeness (QED) is 0.653. The van der Waals surface area contributed by atoms with E-state index in [0.717, 1.165) is 5.75 Å². The zero-order valence-electron chi connectivity index (χ0n) is 11.9. The number of hydrogen-bond donors (Lipinski definition) is 1. The Hall–Kier alpha value is -2.69. The van der Waals surface area contributed by atoms with Gasteiger partial charge in [-0.3, -0.25) is 4.79 Å². The van der Waals surface area contributed by atoms with E-state index >= 15 is 0 Å². The molecule has 0 aliphatic heterocycles. The van der Waals surface area contributed by atoms with E-state index in [9.17, 15) is 9.90 Å². The molecule has 0 aliphatic rings. The fourth-order valence-electron chi connectivity index (χ4n) is 1.76. The number of aromatic hydroxyl groups is 1. The first-order chi connectivity index (χ1) is 10.1. The molecule has 0 radical (unpaired) electrons. The molecule has 0 amide bonds. The van der Waals surface area contributed by atoms with Crippen molar-refractivity contribution >= 4 is 17.2 Å². The van der Waals surface area contributed by atoms with Crippen LogP contribution in [-0.4, -0.2) is 17.5 Å². The van der Waals surface area contributed by atoms with Crippen LogP contribution in [0.4, 0.5) is 11.4 Å². The van der Waals surface area contributed by atoms with Gasteiger partial charge >= 0.3 is 0 Å². The largest absolute Gasteiger partial charge is 0.507 e. The Morgan fingerprint density at radius 3 is 2.33 bits per heavy atom. The molecule has 1 N–H and O–H groups in total. The minimum atomic E-state index is -0.217. The van der Waals surface area contributed by atoms with Crippen LogP contribution in [0.25, 0.3) is 0 Å². The van der Waals surface area contributed by atoms with Crippen molar-refractivity contribution in [2.24, 2.45) is 10.2 Å². The molecule has 2 rings (SSSR count). The molecule has 5 heteroatoms. The van der Waals surface area contributed by atoms with Crippen LogP contribution in [0.2, 0.25) is 0 Å². The lowest BCUT2D eigenvalue weighted by Gasteiger charge is -2.02. The third-order valence-corrected chi connectivity index (χ3v) is 2.79. The van der Waals surface area contributed by atoms with Crippen LogP contribution in [0.15, 0.2) is 52.7 Å². The van der Waals surface area contributed by atoms with Crippen LogP contribution in [0, 0.1) is 0 Å². The van der Waals surface area contributed by atoms with Gasteiger partial charge in [0.2, 0.25) is 0 Å². The van der Waals surface area contributed by atoms with Crippen molar-refractivity contribution in [1.82, 2.24) is 0 Å². The smallest absolute Gasteiger partial charge is 0.163 e. The summed E-state index contributed by atoms with van der Waals surface area (Å²) >= 11 is 0. The summed E-state index contributed by atoms with van der Waals surface area (Å²) in [5, 5.41) is 17.7. The fourth-order valence-corrected chi connectivity index (χ4v) is 1.76. The Morgan fingerprint density at radius 2 is 1.71 bits per heavy atom. The summed E-state index contributed by atoms with van der Waals surface area (Å²) in [5.74, 6) is 0.507. The first-order valence-corrected chi connectivity index (χ1v) is 6.58. The second-order valence-electron chi connectivity index (χ2n) is 4.38. The minimum Gasteiger partial charge on any atom is -0.507 e. The topological polar surface area (TPSA) is 71.2 Å². The van der Waals surface area contributed by atoms with Crippen LogP contribution >= 0.6 is 0 Å². The maximum Gasteiger partial charge on any atom is 0.163 e. The predicted molar refractivity (Wildman–Crippen MR) is 79.9 cm³/mol. The van der Waals surface area contributed by atoms with Crippen LogP contribution in [0.3, 0.4) is 0 Å². The van der Waals surface area contributed by atoms with Crippen LogP contribution < -0.4 is 4.74 Å². The molecule has 0 fully saturated rings. The number of phenolic OH excluding ortho intramolecular Hbond substituents is 1. The number of azo groups is 1. The van der Waals surface area contributed by atoms with E-state index in [2.05, 4.69) is 10.2 Å². The Labute approximate surface area is 122 Å². The van der Waals surface area contributed by atoms with E-state index in [4.69, 9.17) is 4.74 Å². The van der Waals surface area contributed by atoms with Gasteiger partial charge in [-0.25, -0.2) is 0 Å². The number of ether oxygens (including phenoxy) is 1. The fraction of sp³-hybridized carbons (Fsp3) is 0.188. The first kappa shape index (κ1) is 14.7. The predicted octanol–water partition coefficient (Wildman–Crippen LogP) is 4.41. The zero-order chi connectivity index (χ0) is 15.2. The van der Waals surface area contributed by atoms with E-state index in [-0.39, 0.29) is 17.1 Å². The van der Waals surface area contributed by atoms with Gasteiger partial charge in [0.1, 0.15) is 11.5 Å². The van der Waals surface area contributed by atoms with Gasteiger partial charge in [0, 0.05) is 0 Å². The summed E-state index contributed by atoms with van der Waals surface area (Å²) in [6, 6.07) is 11.8. The highest BCUT2D eigenvalue weighted by molar-refractivity contribution is 5.97. The molecule has 0 atom stereocenters. The number of nitrogens with zero attached hydrogens (tertiary/aromatic N) is 2. The SMILES string of the molecule is CCOc1ccc(N=Nc2ccc(O)c(C(C)=O)c2)cc1. The van der Waals surface area contributed by atoms with Crippen molar-refractivity contribution < 1.29 is 14.6 Å². The Balaban J connectivity index is 2.17. The number of carbonyl (C=O) groups is 1. The maximum absolute atomic E-state index is 11.3. The Kier molecular flexibility index (Phi) is 4.66. The minimum absolute atomic E-state index is 0.0532. The van der Waals surface area contributed by atoms with Gasteiger partial charge in [-0.05, 0) is 56.3 Å². The van der Waals surface area contributed by atoms with E-state index < -0.39 is 0 Å². The van der Waals surface area contributed by atoms with Crippen molar-refractivity contribution in [2.45, 2.75) is 13.8 Å². The lowest BCUT2D eigenvalue weighted by Crippen LogP contribution is -1.91. The zero-order valence-corrected chi connectivity index (χ0v) is 11.9. The molecule has 0 bridgehead atoms. The van der Waals surface area contributed by atoms with Gasteiger partial charge < -0.3 is 9.84 Å². The number of phenols is 1. The van der Waals surface area contributed by atoms with Crippen molar-refractivity contribution in [1.29, 1.82) is 0 Å². The highest BCUT2D eigenvalue weighted by Crippen LogP contribution is 2.26. The van der Waals surface area contributed by atoms with Crippen LogP contribution in [0.5, 0.6) is 11.5 Å². The number of ketones is 1. The second-order valence-corrected chi connectivity index (χ2v) is 4.38. The van der Waals surface area contributed by atoms with Crippen molar-refractivity contribution in [2.75, 3.05) is 6.61 Å². The monoisotopic (exact) mass is 284 g/mol. The van der Waals surface area contributed by atoms with Gasteiger partial charge in [0.05, 0.1) is 23.5 Å². The number of hydrogen-bond acceptors (Lipinski definition) is 5.